The van der Waals surface area contributed by atoms with E-state index in [1.165, 1.54) is 16.2 Å². The summed E-state index contributed by atoms with van der Waals surface area (Å²) in [5, 5.41) is 11.7. The Morgan fingerprint density at radius 2 is 2.14 bits per heavy atom. The Labute approximate surface area is 126 Å². The molecule has 1 atom stereocenters. The maximum absolute atomic E-state index is 12.1. The molecule has 2 amide bonds. The third-order valence-corrected chi connectivity index (χ3v) is 4.47. The summed E-state index contributed by atoms with van der Waals surface area (Å²) in [6.07, 6.45) is 2.08. The fourth-order valence-electron chi connectivity index (χ4n) is 2.39. The van der Waals surface area contributed by atoms with Crippen molar-refractivity contribution in [2.45, 2.75) is 32.2 Å². The van der Waals surface area contributed by atoms with Crippen molar-refractivity contribution in [3.8, 4) is 0 Å². The van der Waals surface area contributed by atoms with Gasteiger partial charge in [-0.2, -0.15) is 0 Å². The van der Waals surface area contributed by atoms with Gasteiger partial charge in [-0.05, 0) is 38.3 Å². The summed E-state index contributed by atoms with van der Waals surface area (Å²) in [6.45, 7) is 2.17. The summed E-state index contributed by atoms with van der Waals surface area (Å²) < 4.78 is 0. The number of likely N-dealkylation sites (tertiary alicyclic amines) is 1. The molecule has 7 heteroatoms. The second-order valence-electron chi connectivity index (χ2n) is 5.03. The van der Waals surface area contributed by atoms with Crippen LogP contribution < -0.4 is 5.32 Å². The van der Waals surface area contributed by atoms with Gasteiger partial charge in [-0.15, -0.1) is 11.3 Å². The van der Waals surface area contributed by atoms with E-state index < -0.39 is 12.0 Å². The Hall–Kier alpha value is -1.89. The van der Waals surface area contributed by atoms with E-state index in [0.29, 0.717) is 17.8 Å². The van der Waals surface area contributed by atoms with Gasteiger partial charge in [0.15, 0.2) is 0 Å². The van der Waals surface area contributed by atoms with Crippen LogP contribution in [0.5, 0.6) is 0 Å². The van der Waals surface area contributed by atoms with E-state index in [1.807, 2.05) is 13.0 Å². The highest BCUT2D eigenvalue weighted by molar-refractivity contribution is 7.13. The van der Waals surface area contributed by atoms with Crippen LogP contribution in [0.3, 0.4) is 0 Å². The molecule has 1 saturated heterocycles. The van der Waals surface area contributed by atoms with Crippen molar-refractivity contribution in [1.29, 1.82) is 0 Å². The van der Waals surface area contributed by atoms with Crippen molar-refractivity contribution in [3.05, 3.63) is 21.9 Å². The van der Waals surface area contributed by atoms with Crippen LogP contribution in [0.15, 0.2) is 12.1 Å². The molecule has 2 heterocycles. The molecule has 21 heavy (non-hydrogen) atoms. The summed E-state index contributed by atoms with van der Waals surface area (Å²) in [5.41, 5.74) is 0. The smallest absolute Gasteiger partial charge is 0.326 e. The first kappa shape index (κ1) is 15.5. The number of piperidine rings is 1. The lowest BCUT2D eigenvalue weighted by Gasteiger charge is -2.32. The van der Waals surface area contributed by atoms with Crippen LogP contribution in [-0.2, 0) is 9.59 Å². The standard InChI is InChI=1S/C14H18N2O4S/c1-9-5-6-11(21-9)13(18)15-8-12(17)16-7-3-2-4-10(16)14(19)20/h5-6,10H,2-4,7-8H2,1H3,(H,15,18)(H,19,20). The number of carbonyl (C=O) groups is 3. The largest absolute Gasteiger partial charge is 0.480 e. The Morgan fingerprint density at radius 3 is 2.76 bits per heavy atom. The maximum atomic E-state index is 12.1. The van der Waals surface area contributed by atoms with Crippen molar-refractivity contribution >= 4 is 29.1 Å². The third-order valence-electron chi connectivity index (χ3n) is 3.47. The van der Waals surface area contributed by atoms with E-state index in [9.17, 15) is 14.4 Å². The van der Waals surface area contributed by atoms with Crippen molar-refractivity contribution in [2.75, 3.05) is 13.1 Å². The Morgan fingerprint density at radius 1 is 1.38 bits per heavy atom. The maximum Gasteiger partial charge on any atom is 0.326 e. The van der Waals surface area contributed by atoms with Gasteiger partial charge >= 0.3 is 5.97 Å². The zero-order valence-electron chi connectivity index (χ0n) is 11.8. The molecule has 0 radical (unpaired) electrons. The van der Waals surface area contributed by atoms with Crippen molar-refractivity contribution < 1.29 is 19.5 Å². The van der Waals surface area contributed by atoms with Crippen molar-refractivity contribution in [1.82, 2.24) is 10.2 Å². The second-order valence-corrected chi connectivity index (χ2v) is 6.32. The van der Waals surface area contributed by atoms with E-state index in [4.69, 9.17) is 5.11 Å². The van der Waals surface area contributed by atoms with Crippen molar-refractivity contribution in [2.24, 2.45) is 0 Å². The van der Waals surface area contributed by atoms with E-state index in [-0.39, 0.29) is 18.4 Å². The summed E-state index contributed by atoms with van der Waals surface area (Å²) in [5.74, 6) is -1.63. The molecule has 1 aromatic heterocycles. The summed E-state index contributed by atoms with van der Waals surface area (Å²) in [4.78, 5) is 38.1. The molecule has 0 bridgehead atoms. The number of amides is 2. The normalized spacial score (nSPS) is 18.3. The average molecular weight is 310 g/mol. The molecule has 0 aliphatic carbocycles. The van der Waals surface area contributed by atoms with Crippen molar-refractivity contribution in [3.63, 3.8) is 0 Å². The molecule has 1 aliphatic rings. The number of nitrogens with one attached hydrogen (secondary N) is 1. The molecule has 1 aliphatic heterocycles. The topological polar surface area (TPSA) is 86.7 Å². The van der Waals surface area contributed by atoms with Crippen LogP contribution >= 0.6 is 11.3 Å². The first-order valence-corrected chi connectivity index (χ1v) is 7.67. The van der Waals surface area contributed by atoms with E-state index in [0.717, 1.165) is 17.7 Å². The van der Waals surface area contributed by atoms with Gasteiger partial charge in [-0.3, -0.25) is 9.59 Å². The first-order valence-electron chi connectivity index (χ1n) is 6.86. The Bertz CT molecular complexity index is 555. The lowest BCUT2D eigenvalue weighted by molar-refractivity contribution is -0.151. The van der Waals surface area contributed by atoms with Gasteiger partial charge in [0.2, 0.25) is 5.91 Å². The molecular weight excluding hydrogens is 292 g/mol. The number of aryl methyl sites for hydroxylation is 1. The molecule has 0 saturated carbocycles. The minimum absolute atomic E-state index is 0.167. The van der Waals surface area contributed by atoms with Gasteiger partial charge in [0, 0.05) is 11.4 Å². The summed E-state index contributed by atoms with van der Waals surface area (Å²) in [6, 6.07) is 2.78. The zero-order chi connectivity index (χ0) is 15.4. The highest BCUT2D eigenvalue weighted by Gasteiger charge is 2.31. The second kappa shape index (κ2) is 6.71. The predicted molar refractivity (Wildman–Crippen MR) is 78.4 cm³/mol. The summed E-state index contributed by atoms with van der Waals surface area (Å²) >= 11 is 1.36. The first-order chi connectivity index (χ1) is 9.99. The van der Waals surface area contributed by atoms with E-state index >= 15 is 0 Å². The molecule has 0 aromatic carbocycles. The van der Waals surface area contributed by atoms with E-state index in [2.05, 4.69) is 5.32 Å². The van der Waals surface area contributed by atoms with Gasteiger partial charge in [-0.25, -0.2) is 4.79 Å². The fourth-order valence-corrected chi connectivity index (χ4v) is 3.17. The van der Waals surface area contributed by atoms with Gasteiger partial charge in [0.05, 0.1) is 11.4 Å². The SMILES string of the molecule is Cc1ccc(C(=O)NCC(=O)N2CCCCC2C(=O)O)s1. The highest BCUT2D eigenvalue weighted by Crippen LogP contribution is 2.17. The highest BCUT2D eigenvalue weighted by atomic mass is 32.1. The molecule has 2 N–H and O–H groups in total. The number of nitrogens with zero attached hydrogens (tertiary/aromatic N) is 1. The molecule has 6 nitrogen and oxygen atoms in total. The zero-order valence-corrected chi connectivity index (χ0v) is 12.6. The quantitative estimate of drug-likeness (QED) is 0.876. The van der Waals surface area contributed by atoms with Crippen LogP contribution in [0, 0.1) is 6.92 Å². The number of carboxylic acid groups (broad SMARTS) is 1. The molecule has 1 unspecified atom stereocenters. The van der Waals surface area contributed by atoms with Crippen LogP contribution in [0.25, 0.3) is 0 Å². The van der Waals surface area contributed by atoms with Crippen LogP contribution in [0.4, 0.5) is 0 Å². The monoisotopic (exact) mass is 310 g/mol. The van der Waals surface area contributed by atoms with Gasteiger partial charge in [-0.1, -0.05) is 0 Å². The average Bonchev–Trinajstić information content (AvgIpc) is 2.91. The van der Waals surface area contributed by atoms with Crippen LogP contribution in [0.1, 0.15) is 33.8 Å². The molecule has 0 spiro atoms. The van der Waals surface area contributed by atoms with Gasteiger partial charge in [0.25, 0.3) is 5.91 Å². The minimum atomic E-state index is -0.983. The Balaban J connectivity index is 1.91. The fraction of sp³-hybridized carbons (Fsp3) is 0.500. The number of thiophene rings is 1. The summed E-state index contributed by atoms with van der Waals surface area (Å²) in [7, 11) is 0. The number of carbonyl (C=O) groups excluding carboxylic acids is 2. The molecule has 1 aromatic rings. The number of hydrogen-bond donors (Lipinski definition) is 2. The van der Waals surface area contributed by atoms with Gasteiger partial charge in [0.1, 0.15) is 6.04 Å². The molecule has 114 valence electrons. The number of carboxylic acids is 1. The molecule has 1 fully saturated rings. The third kappa shape index (κ3) is 3.81. The molecular formula is C14H18N2O4S. The number of aliphatic carboxylic acids is 1. The van der Waals surface area contributed by atoms with Crippen LogP contribution in [0.2, 0.25) is 0 Å². The minimum Gasteiger partial charge on any atom is -0.480 e. The Kier molecular flexibility index (Phi) is 4.95. The lowest BCUT2D eigenvalue weighted by atomic mass is 10.0. The molecule has 2 rings (SSSR count). The van der Waals surface area contributed by atoms with E-state index in [1.54, 1.807) is 6.07 Å². The lowest BCUT2D eigenvalue weighted by Crippen LogP contribution is -2.51. The number of rotatable bonds is 4. The van der Waals surface area contributed by atoms with Gasteiger partial charge < -0.3 is 15.3 Å². The van der Waals surface area contributed by atoms with Crippen LogP contribution in [-0.4, -0.2) is 46.9 Å². The predicted octanol–water partition coefficient (Wildman–Crippen LogP) is 1.25. The number of hydrogen-bond acceptors (Lipinski definition) is 4.